The molecule has 27 heavy (non-hydrogen) atoms. The lowest BCUT2D eigenvalue weighted by Crippen LogP contribution is -2.44. The molecule has 2 heterocycles. The van der Waals surface area contributed by atoms with Crippen LogP contribution in [0.2, 0.25) is 0 Å². The molecule has 0 radical (unpaired) electrons. The molecule has 5 nitrogen and oxygen atoms in total. The van der Waals surface area contributed by atoms with Crippen LogP contribution in [0.4, 0.5) is 13.2 Å². The fraction of sp³-hybridized carbons (Fsp3) is 0.579. The molecule has 1 saturated carbocycles. The minimum absolute atomic E-state index is 0.0629. The number of aromatic nitrogens is 2. The van der Waals surface area contributed by atoms with Crippen molar-refractivity contribution in [3.63, 3.8) is 0 Å². The van der Waals surface area contributed by atoms with E-state index in [2.05, 4.69) is 9.97 Å². The summed E-state index contributed by atoms with van der Waals surface area (Å²) < 4.78 is 38.4. The van der Waals surface area contributed by atoms with E-state index in [0.29, 0.717) is 25.1 Å². The van der Waals surface area contributed by atoms with E-state index in [4.69, 9.17) is 0 Å². The number of aliphatic hydroxyl groups is 1. The van der Waals surface area contributed by atoms with E-state index >= 15 is 0 Å². The summed E-state index contributed by atoms with van der Waals surface area (Å²) >= 11 is 0. The van der Waals surface area contributed by atoms with Crippen LogP contribution in [-0.4, -0.2) is 44.6 Å². The van der Waals surface area contributed by atoms with Crippen molar-refractivity contribution in [2.75, 3.05) is 13.1 Å². The molecule has 1 aliphatic heterocycles. The van der Waals surface area contributed by atoms with Crippen molar-refractivity contribution < 1.29 is 23.1 Å². The molecular weight excluding hydrogens is 359 g/mol. The van der Waals surface area contributed by atoms with Crippen LogP contribution < -0.4 is 0 Å². The van der Waals surface area contributed by atoms with Gasteiger partial charge in [0.1, 0.15) is 0 Å². The van der Waals surface area contributed by atoms with Gasteiger partial charge in [-0.15, -0.1) is 0 Å². The molecule has 0 spiro atoms. The predicted molar refractivity (Wildman–Crippen MR) is 93.1 cm³/mol. The predicted octanol–water partition coefficient (Wildman–Crippen LogP) is 3.59. The molecule has 2 fully saturated rings. The fourth-order valence-corrected chi connectivity index (χ4v) is 4.69. The fourth-order valence-electron chi connectivity index (χ4n) is 4.69. The van der Waals surface area contributed by atoms with Crippen molar-refractivity contribution in [3.05, 3.63) is 29.6 Å². The summed E-state index contributed by atoms with van der Waals surface area (Å²) in [5.74, 6) is -0.941. The summed E-state index contributed by atoms with van der Waals surface area (Å²) in [5.41, 5.74) is -0.0323. The molecule has 0 unspecified atom stereocenters. The van der Waals surface area contributed by atoms with Crippen molar-refractivity contribution in [1.29, 1.82) is 0 Å². The first-order valence-corrected chi connectivity index (χ1v) is 9.30. The van der Waals surface area contributed by atoms with Crippen LogP contribution in [0.3, 0.4) is 0 Å². The zero-order valence-electron chi connectivity index (χ0n) is 15.0. The highest BCUT2D eigenvalue weighted by molar-refractivity contribution is 5.97. The van der Waals surface area contributed by atoms with Crippen LogP contribution in [0.5, 0.6) is 0 Å². The largest absolute Gasteiger partial charge is 0.449 e. The van der Waals surface area contributed by atoms with Crippen LogP contribution in [0, 0.1) is 11.8 Å². The minimum Gasteiger partial charge on any atom is -0.390 e. The van der Waals surface area contributed by atoms with E-state index in [1.165, 1.54) is 18.2 Å². The van der Waals surface area contributed by atoms with Gasteiger partial charge in [0.15, 0.2) is 0 Å². The third-order valence-corrected chi connectivity index (χ3v) is 6.21. The van der Waals surface area contributed by atoms with Gasteiger partial charge in [0.05, 0.1) is 16.6 Å². The number of fused-ring (bicyclic) bond motifs is 2. The van der Waals surface area contributed by atoms with E-state index in [1.807, 2.05) is 6.92 Å². The number of halogens is 3. The van der Waals surface area contributed by atoms with Crippen molar-refractivity contribution in [1.82, 2.24) is 14.9 Å². The Labute approximate surface area is 154 Å². The molecule has 2 aliphatic rings. The quantitative estimate of drug-likeness (QED) is 0.835. The molecule has 2 N–H and O–H groups in total. The Hall–Kier alpha value is -2.09. The maximum Gasteiger partial charge on any atom is 0.449 e. The van der Waals surface area contributed by atoms with E-state index in [0.717, 1.165) is 19.3 Å². The Morgan fingerprint density at radius 3 is 2.89 bits per heavy atom. The number of hydrogen-bond donors (Lipinski definition) is 2. The third-order valence-electron chi connectivity index (χ3n) is 6.21. The highest BCUT2D eigenvalue weighted by Gasteiger charge is 2.48. The maximum absolute atomic E-state index is 12.9. The standard InChI is InChI=1S/C19H22F3N3O2/c1-2-18(27)7-3-4-12-9-25(10-13(12)18)16(26)11-5-6-14-15(8-11)24-17(23-14)19(20,21)22/h5-6,8,12-13,27H,2-4,7,9-10H2,1H3,(H,23,24)/t12-,13+,18-/m1/s1. The van der Waals surface area contributed by atoms with Crippen LogP contribution in [0.15, 0.2) is 18.2 Å². The number of carbonyl (C=O) groups excluding carboxylic acids is 1. The van der Waals surface area contributed by atoms with Crippen LogP contribution in [-0.2, 0) is 6.18 Å². The SMILES string of the molecule is CC[C@@]1(O)CCC[C@@H]2CN(C(=O)c3ccc4nc(C(F)(F)F)[nH]c4c3)C[C@@H]21. The molecule has 8 heteroatoms. The Bertz CT molecular complexity index is 879. The van der Waals surface area contributed by atoms with Gasteiger partial charge in [-0.25, -0.2) is 4.98 Å². The van der Waals surface area contributed by atoms with Gasteiger partial charge in [0.25, 0.3) is 5.91 Å². The number of hydrogen-bond acceptors (Lipinski definition) is 3. The second-order valence-corrected chi connectivity index (χ2v) is 7.74. The molecule has 146 valence electrons. The zero-order valence-corrected chi connectivity index (χ0v) is 15.0. The average Bonchev–Trinajstić information content (AvgIpc) is 3.25. The highest BCUT2D eigenvalue weighted by Crippen LogP contribution is 2.44. The van der Waals surface area contributed by atoms with Gasteiger partial charge < -0.3 is 15.0 Å². The van der Waals surface area contributed by atoms with Crippen molar-refractivity contribution >= 4 is 16.9 Å². The van der Waals surface area contributed by atoms with Crippen molar-refractivity contribution in [2.24, 2.45) is 11.8 Å². The maximum atomic E-state index is 12.9. The summed E-state index contributed by atoms with van der Waals surface area (Å²) in [6.07, 6.45) is -1.19. The highest BCUT2D eigenvalue weighted by atomic mass is 19.4. The first-order valence-electron chi connectivity index (χ1n) is 9.30. The Morgan fingerprint density at radius 2 is 2.19 bits per heavy atom. The second kappa shape index (κ2) is 6.22. The number of likely N-dealkylation sites (tertiary alicyclic amines) is 1. The van der Waals surface area contributed by atoms with Gasteiger partial charge in [0, 0.05) is 24.6 Å². The first kappa shape index (κ1) is 18.3. The zero-order chi connectivity index (χ0) is 19.4. The summed E-state index contributed by atoms with van der Waals surface area (Å²) in [6.45, 7) is 3.04. The van der Waals surface area contributed by atoms with Crippen LogP contribution >= 0.6 is 0 Å². The Kier molecular flexibility index (Phi) is 4.21. The molecular formula is C19H22F3N3O2. The molecule has 1 saturated heterocycles. The van der Waals surface area contributed by atoms with Gasteiger partial charge in [-0.2, -0.15) is 13.2 Å². The van der Waals surface area contributed by atoms with E-state index in [9.17, 15) is 23.1 Å². The molecule has 4 rings (SSSR count). The van der Waals surface area contributed by atoms with Crippen molar-refractivity contribution in [3.8, 4) is 0 Å². The average molecular weight is 381 g/mol. The van der Waals surface area contributed by atoms with Crippen LogP contribution in [0.1, 0.15) is 48.8 Å². The number of H-pyrrole nitrogens is 1. The Balaban J connectivity index is 1.58. The lowest BCUT2D eigenvalue weighted by Gasteiger charge is -2.40. The molecule has 1 aromatic carbocycles. The minimum atomic E-state index is -4.56. The van der Waals surface area contributed by atoms with Crippen LogP contribution in [0.25, 0.3) is 11.0 Å². The molecule has 1 amide bonds. The number of alkyl halides is 3. The van der Waals surface area contributed by atoms with Gasteiger partial charge in [-0.3, -0.25) is 4.79 Å². The van der Waals surface area contributed by atoms with Crippen molar-refractivity contribution in [2.45, 2.75) is 44.4 Å². The number of nitrogens with one attached hydrogen (secondary N) is 1. The number of imidazole rings is 1. The number of carbonyl (C=O) groups is 1. The summed E-state index contributed by atoms with van der Waals surface area (Å²) in [6, 6.07) is 4.37. The number of benzene rings is 1. The van der Waals surface area contributed by atoms with E-state index in [1.54, 1.807) is 4.90 Å². The molecule has 2 aromatic rings. The monoisotopic (exact) mass is 381 g/mol. The van der Waals surface area contributed by atoms with E-state index in [-0.39, 0.29) is 28.8 Å². The molecule has 0 bridgehead atoms. The molecule has 3 atom stereocenters. The van der Waals surface area contributed by atoms with E-state index < -0.39 is 17.6 Å². The van der Waals surface area contributed by atoms with Gasteiger partial charge in [0.2, 0.25) is 5.82 Å². The lowest BCUT2D eigenvalue weighted by atomic mass is 9.69. The summed E-state index contributed by atoms with van der Waals surface area (Å²) in [7, 11) is 0. The normalized spacial score (nSPS) is 28.6. The number of nitrogens with zero attached hydrogens (tertiary/aromatic N) is 2. The van der Waals surface area contributed by atoms with Gasteiger partial charge >= 0.3 is 6.18 Å². The topological polar surface area (TPSA) is 69.2 Å². The number of amides is 1. The summed E-state index contributed by atoms with van der Waals surface area (Å²) in [4.78, 5) is 20.4. The summed E-state index contributed by atoms with van der Waals surface area (Å²) in [5, 5.41) is 10.9. The molecule has 1 aromatic heterocycles. The second-order valence-electron chi connectivity index (χ2n) is 7.74. The van der Waals surface area contributed by atoms with Gasteiger partial charge in [-0.1, -0.05) is 13.3 Å². The number of aromatic amines is 1. The first-order chi connectivity index (χ1) is 12.7. The third kappa shape index (κ3) is 3.09. The smallest absolute Gasteiger partial charge is 0.390 e. The lowest BCUT2D eigenvalue weighted by molar-refractivity contribution is -0.144. The van der Waals surface area contributed by atoms with Gasteiger partial charge in [-0.05, 0) is 43.4 Å². The Morgan fingerprint density at radius 1 is 1.41 bits per heavy atom. The number of rotatable bonds is 2. The molecule has 1 aliphatic carbocycles.